The van der Waals surface area contributed by atoms with Gasteiger partial charge in [0.15, 0.2) is 0 Å². The standard InChI is InChI=1S/C13H11ClO3/c1-2-16-13(15)6-4-11-8-9-7-10(14)3-5-12(9)17-11/h3-8H,2H2,1H3. The van der Waals surface area contributed by atoms with Crippen molar-refractivity contribution in [2.45, 2.75) is 6.92 Å². The summed E-state index contributed by atoms with van der Waals surface area (Å²) in [6.07, 6.45) is 2.91. The lowest BCUT2D eigenvalue weighted by molar-refractivity contribution is -0.137. The van der Waals surface area contributed by atoms with Crippen molar-refractivity contribution >= 4 is 34.6 Å². The molecule has 4 heteroatoms. The fourth-order valence-corrected chi connectivity index (χ4v) is 1.64. The summed E-state index contributed by atoms with van der Waals surface area (Å²) in [4.78, 5) is 11.1. The molecule has 0 N–H and O–H groups in total. The van der Waals surface area contributed by atoms with Crippen molar-refractivity contribution in [3.63, 3.8) is 0 Å². The van der Waals surface area contributed by atoms with Crippen molar-refractivity contribution in [1.82, 2.24) is 0 Å². The van der Waals surface area contributed by atoms with Crippen LogP contribution in [0.25, 0.3) is 17.0 Å². The summed E-state index contributed by atoms with van der Waals surface area (Å²) in [6.45, 7) is 2.12. The highest BCUT2D eigenvalue weighted by atomic mass is 35.5. The number of benzene rings is 1. The van der Waals surface area contributed by atoms with E-state index in [-0.39, 0.29) is 5.97 Å². The van der Waals surface area contributed by atoms with Gasteiger partial charge in [-0.1, -0.05) is 11.6 Å². The summed E-state index contributed by atoms with van der Waals surface area (Å²) in [5.74, 6) is 0.210. The molecule has 0 aliphatic rings. The first-order valence-electron chi connectivity index (χ1n) is 5.23. The van der Waals surface area contributed by atoms with Crippen molar-refractivity contribution < 1.29 is 13.9 Å². The SMILES string of the molecule is CCOC(=O)C=Cc1cc2cc(Cl)ccc2o1. The first-order chi connectivity index (χ1) is 8.19. The third-order valence-corrected chi connectivity index (χ3v) is 2.40. The number of furan rings is 1. The number of rotatable bonds is 3. The summed E-state index contributed by atoms with van der Waals surface area (Å²) in [7, 11) is 0. The van der Waals surface area contributed by atoms with Crippen molar-refractivity contribution in [1.29, 1.82) is 0 Å². The van der Waals surface area contributed by atoms with Crippen LogP contribution in [-0.2, 0) is 9.53 Å². The predicted molar refractivity (Wildman–Crippen MR) is 66.9 cm³/mol. The molecular weight excluding hydrogens is 240 g/mol. The quantitative estimate of drug-likeness (QED) is 0.616. The fourth-order valence-electron chi connectivity index (χ4n) is 1.46. The zero-order valence-corrected chi connectivity index (χ0v) is 10.0. The molecule has 1 heterocycles. The molecule has 0 aliphatic heterocycles. The van der Waals surface area contributed by atoms with Gasteiger partial charge in [-0.3, -0.25) is 0 Å². The van der Waals surface area contributed by atoms with E-state index in [1.54, 1.807) is 25.1 Å². The Balaban J connectivity index is 2.22. The Morgan fingerprint density at radius 2 is 2.29 bits per heavy atom. The monoisotopic (exact) mass is 250 g/mol. The Bertz CT molecular complexity index is 569. The molecule has 0 spiro atoms. The second-order valence-corrected chi connectivity index (χ2v) is 3.85. The third-order valence-electron chi connectivity index (χ3n) is 2.17. The van der Waals surface area contributed by atoms with Crippen LogP contribution in [0, 0.1) is 0 Å². The molecule has 0 radical (unpaired) electrons. The Kier molecular flexibility index (Phi) is 3.49. The van der Waals surface area contributed by atoms with Gasteiger partial charge in [-0.05, 0) is 37.3 Å². The summed E-state index contributed by atoms with van der Waals surface area (Å²) in [5.41, 5.74) is 0.734. The lowest BCUT2D eigenvalue weighted by atomic mass is 10.2. The van der Waals surface area contributed by atoms with Gasteiger partial charge < -0.3 is 9.15 Å². The van der Waals surface area contributed by atoms with Gasteiger partial charge in [0, 0.05) is 16.5 Å². The van der Waals surface area contributed by atoms with Crippen LogP contribution in [0.4, 0.5) is 0 Å². The van der Waals surface area contributed by atoms with Crippen LogP contribution in [0.15, 0.2) is 34.8 Å². The number of hydrogen-bond acceptors (Lipinski definition) is 3. The number of carbonyl (C=O) groups is 1. The molecule has 1 aromatic heterocycles. The van der Waals surface area contributed by atoms with E-state index in [4.69, 9.17) is 20.8 Å². The van der Waals surface area contributed by atoms with Crippen LogP contribution < -0.4 is 0 Å². The molecule has 17 heavy (non-hydrogen) atoms. The number of hydrogen-bond donors (Lipinski definition) is 0. The zero-order valence-electron chi connectivity index (χ0n) is 9.27. The Morgan fingerprint density at radius 3 is 3.06 bits per heavy atom. The topological polar surface area (TPSA) is 39.4 Å². The molecule has 0 aliphatic carbocycles. The van der Waals surface area contributed by atoms with Crippen molar-refractivity contribution in [2.24, 2.45) is 0 Å². The zero-order chi connectivity index (χ0) is 12.3. The second-order valence-electron chi connectivity index (χ2n) is 3.42. The normalized spacial score (nSPS) is 11.2. The van der Waals surface area contributed by atoms with Gasteiger partial charge in [-0.2, -0.15) is 0 Å². The molecule has 88 valence electrons. The van der Waals surface area contributed by atoms with Gasteiger partial charge in [-0.15, -0.1) is 0 Å². The van der Waals surface area contributed by atoms with Crippen LogP contribution in [0.1, 0.15) is 12.7 Å². The van der Waals surface area contributed by atoms with Gasteiger partial charge in [0.2, 0.25) is 0 Å². The van der Waals surface area contributed by atoms with E-state index >= 15 is 0 Å². The molecule has 0 saturated heterocycles. The van der Waals surface area contributed by atoms with Crippen LogP contribution in [0.3, 0.4) is 0 Å². The van der Waals surface area contributed by atoms with E-state index in [0.717, 1.165) is 11.0 Å². The third kappa shape index (κ3) is 2.88. The van der Waals surface area contributed by atoms with Gasteiger partial charge >= 0.3 is 5.97 Å². The lowest BCUT2D eigenvalue weighted by Gasteiger charge is -1.92. The van der Waals surface area contributed by atoms with E-state index in [9.17, 15) is 4.79 Å². The molecule has 0 saturated carbocycles. The number of carbonyl (C=O) groups excluding carboxylic acids is 1. The number of fused-ring (bicyclic) bond motifs is 1. The molecule has 0 fully saturated rings. The van der Waals surface area contributed by atoms with E-state index in [0.29, 0.717) is 17.4 Å². The fraction of sp³-hybridized carbons (Fsp3) is 0.154. The molecule has 0 amide bonds. The average molecular weight is 251 g/mol. The minimum absolute atomic E-state index is 0.360. The van der Waals surface area contributed by atoms with Crippen molar-refractivity contribution in [3.05, 3.63) is 41.1 Å². The molecule has 1 aromatic carbocycles. The van der Waals surface area contributed by atoms with E-state index in [2.05, 4.69) is 0 Å². The first-order valence-corrected chi connectivity index (χ1v) is 5.61. The second kappa shape index (κ2) is 5.06. The highest BCUT2D eigenvalue weighted by molar-refractivity contribution is 6.31. The molecule has 3 nitrogen and oxygen atoms in total. The van der Waals surface area contributed by atoms with Crippen molar-refractivity contribution in [3.8, 4) is 0 Å². The van der Waals surface area contributed by atoms with Gasteiger partial charge in [0.1, 0.15) is 11.3 Å². The predicted octanol–water partition coefficient (Wildman–Crippen LogP) is 3.66. The molecular formula is C13H11ClO3. The summed E-state index contributed by atoms with van der Waals surface area (Å²) in [5, 5.41) is 1.56. The van der Waals surface area contributed by atoms with E-state index < -0.39 is 0 Å². The van der Waals surface area contributed by atoms with Gasteiger partial charge in [0.25, 0.3) is 0 Å². The highest BCUT2D eigenvalue weighted by Crippen LogP contribution is 2.23. The maximum absolute atomic E-state index is 11.1. The largest absolute Gasteiger partial charge is 0.463 e. The number of ether oxygens (including phenoxy) is 1. The summed E-state index contributed by atoms with van der Waals surface area (Å²) < 4.78 is 10.3. The first kappa shape index (κ1) is 11.7. The number of halogens is 1. The highest BCUT2D eigenvalue weighted by Gasteiger charge is 2.02. The minimum Gasteiger partial charge on any atom is -0.463 e. The number of esters is 1. The van der Waals surface area contributed by atoms with Gasteiger partial charge in [0.05, 0.1) is 6.61 Å². The maximum Gasteiger partial charge on any atom is 0.330 e. The molecule has 2 rings (SSSR count). The van der Waals surface area contributed by atoms with E-state index in [1.807, 2.05) is 12.1 Å². The smallest absolute Gasteiger partial charge is 0.330 e. The van der Waals surface area contributed by atoms with Crippen molar-refractivity contribution in [2.75, 3.05) is 6.61 Å². The summed E-state index contributed by atoms with van der Waals surface area (Å²) >= 11 is 5.86. The van der Waals surface area contributed by atoms with Crippen LogP contribution in [-0.4, -0.2) is 12.6 Å². The molecule has 0 unspecified atom stereocenters. The Labute approximate surface area is 104 Å². The van der Waals surface area contributed by atoms with Crippen LogP contribution >= 0.6 is 11.6 Å². The summed E-state index contributed by atoms with van der Waals surface area (Å²) in [6, 6.07) is 7.17. The van der Waals surface area contributed by atoms with E-state index in [1.165, 1.54) is 6.08 Å². The van der Waals surface area contributed by atoms with Gasteiger partial charge in [-0.25, -0.2) is 4.79 Å². The molecule has 2 aromatic rings. The minimum atomic E-state index is -0.383. The molecule has 0 atom stereocenters. The van der Waals surface area contributed by atoms with Crippen LogP contribution in [0.5, 0.6) is 0 Å². The lowest BCUT2D eigenvalue weighted by Crippen LogP contribution is -1.98. The van der Waals surface area contributed by atoms with Crippen LogP contribution in [0.2, 0.25) is 5.02 Å². The average Bonchev–Trinajstić information content (AvgIpc) is 2.68. The Morgan fingerprint density at radius 1 is 1.47 bits per heavy atom. The maximum atomic E-state index is 11.1. The Hall–Kier alpha value is -1.74. The molecule has 0 bridgehead atoms.